The fourth-order valence-corrected chi connectivity index (χ4v) is 6.71. The number of aryl methyl sites for hydroxylation is 6. The van der Waals surface area contributed by atoms with Gasteiger partial charge in [0, 0.05) is 16.7 Å². The minimum atomic E-state index is -2.26. The maximum atomic E-state index is 15.6. The molecule has 0 aliphatic carbocycles. The van der Waals surface area contributed by atoms with Crippen LogP contribution < -0.4 is 0 Å². The fraction of sp³-hybridized carbons (Fsp3) is 0.229. The van der Waals surface area contributed by atoms with Crippen LogP contribution in [0.2, 0.25) is 5.02 Å². The van der Waals surface area contributed by atoms with Crippen molar-refractivity contribution in [1.29, 1.82) is 0 Å². The number of aromatic nitrogens is 1. The van der Waals surface area contributed by atoms with Crippen molar-refractivity contribution in [3.63, 3.8) is 0 Å². The number of aliphatic imine (C=N–C) groups is 1. The lowest BCUT2D eigenvalue weighted by molar-refractivity contribution is 0.376. The Morgan fingerprint density at radius 3 is 1.52 bits per heavy atom. The van der Waals surface area contributed by atoms with Crippen LogP contribution in [0.3, 0.4) is 0 Å². The second-order valence-electron chi connectivity index (χ2n) is 11.4. The Balaban J connectivity index is 0.00000235. The van der Waals surface area contributed by atoms with E-state index in [1.807, 2.05) is 65.8 Å². The van der Waals surface area contributed by atoms with Crippen LogP contribution in [0.1, 0.15) is 62.7 Å². The van der Waals surface area contributed by atoms with Gasteiger partial charge in [0.15, 0.2) is 23.3 Å². The molecule has 0 saturated carbocycles. The number of rotatable bonds is 4. The van der Waals surface area contributed by atoms with Gasteiger partial charge in [-0.05, 0) is 88.8 Å². The number of nitrogens with one attached hydrogen (secondary N) is 1. The number of nitrogens with zero attached hydrogens (tertiary/aromatic N) is 1. The molecule has 0 spiro atoms. The number of allylic oxidation sites excluding steroid dienone is 2. The van der Waals surface area contributed by atoms with Gasteiger partial charge in [-0.3, -0.25) is 0 Å². The average Bonchev–Trinajstić information content (AvgIpc) is 3.43. The van der Waals surface area contributed by atoms with Crippen molar-refractivity contribution >= 4 is 42.6 Å². The third-order valence-corrected chi connectivity index (χ3v) is 9.01. The van der Waals surface area contributed by atoms with Crippen molar-refractivity contribution in [1.82, 2.24) is 4.98 Å². The zero-order valence-corrected chi connectivity index (χ0v) is 27.9. The summed E-state index contributed by atoms with van der Waals surface area (Å²) in [6.45, 7) is 14.7. The van der Waals surface area contributed by atoms with Crippen molar-refractivity contribution in [2.45, 2.75) is 55.4 Å². The lowest BCUT2D eigenvalue weighted by Gasteiger charge is -2.15. The van der Waals surface area contributed by atoms with E-state index >= 15 is 8.78 Å². The van der Waals surface area contributed by atoms with Gasteiger partial charge in [-0.2, -0.15) is 0 Å². The smallest absolute Gasteiger partial charge is 0.350 e. The molecule has 46 heavy (non-hydrogen) atoms. The Labute approximate surface area is 275 Å². The predicted molar refractivity (Wildman–Crippen MR) is 175 cm³/mol. The van der Waals surface area contributed by atoms with Gasteiger partial charge in [0.1, 0.15) is 0 Å². The molecule has 2 radical (unpaired) electrons. The monoisotopic (exact) mass is 672 g/mol. The van der Waals surface area contributed by atoms with E-state index in [1.165, 1.54) is 0 Å². The molecule has 11 heteroatoms. The molecule has 0 unspecified atom stereocenters. The van der Waals surface area contributed by atoms with E-state index in [-0.39, 0.29) is 27.0 Å². The van der Waals surface area contributed by atoms with Crippen molar-refractivity contribution in [2.75, 3.05) is 0 Å². The molecule has 1 aliphatic rings. The zero-order valence-electron chi connectivity index (χ0n) is 26.4. The largest absolute Gasteiger partial charge is 0.353 e. The van der Waals surface area contributed by atoms with E-state index in [2.05, 4.69) is 13.1 Å². The molecule has 0 bridgehead atoms. The second-order valence-corrected chi connectivity index (χ2v) is 12.2. The zero-order chi connectivity index (χ0) is 34.5. The minimum Gasteiger partial charge on any atom is -0.353 e. The first-order chi connectivity index (χ1) is 21.6. The first kappa shape index (κ1) is 35.2. The molecule has 3 aromatic carbocycles. The first-order valence-corrected chi connectivity index (χ1v) is 14.8. The van der Waals surface area contributed by atoms with E-state index in [1.54, 1.807) is 13.8 Å². The fourth-order valence-electron chi connectivity index (χ4n) is 6.24. The van der Waals surface area contributed by atoms with Crippen LogP contribution in [0.25, 0.3) is 16.8 Å². The van der Waals surface area contributed by atoms with Crippen molar-refractivity contribution in [2.24, 2.45) is 4.99 Å². The summed E-state index contributed by atoms with van der Waals surface area (Å²) < 4.78 is 84.0. The summed E-state index contributed by atoms with van der Waals surface area (Å²) in [6, 6.07) is 7.82. The third kappa shape index (κ3) is 5.73. The molecule has 238 valence electrons. The van der Waals surface area contributed by atoms with E-state index in [0.29, 0.717) is 28.1 Å². The second kappa shape index (κ2) is 13.2. The maximum Gasteiger partial charge on any atom is 0.350 e. The molecule has 0 saturated heterocycles. The van der Waals surface area contributed by atoms with Gasteiger partial charge in [0.05, 0.1) is 38.4 Å². The molecule has 0 fully saturated rings. The molecular weight excluding hydrogens is 644 g/mol. The lowest BCUT2D eigenvalue weighted by Crippen LogP contribution is -2.09. The van der Waals surface area contributed by atoms with Gasteiger partial charge >= 0.3 is 8.12 Å². The highest BCUT2D eigenvalue weighted by Gasteiger charge is 2.35. The molecule has 0 atom stereocenters. The van der Waals surface area contributed by atoms with Crippen LogP contribution in [-0.4, -0.2) is 18.8 Å². The molecule has 1 aromatic heterocycles. The summed E-state index contributed by atoms with van der Waals surface area (Å²) in [5.41, 5.74) is 6.92. The van der Waals surface area contributed by atoms with E-state index in [0.717, 1.165) is 38.9 Å². The summed E-state index contributed by atoms with van der Waals surface area (Å²) in [5.74, 6) is -10.4. The molecule has 2 heterocycles. The number of benzene rings is 3. The standard InChI is InChI=1S/C35H29Cl2F5N2.BF/c1-13-9-15(3)21(16(4)10-13)34-25(36)19(7)32(43-34)24(23-27(38)29(40)31(42)30(41)28(23)39)33-20(8)26(37)35(44-33)22-17(5)11-14(2)12-18(22)6;1-2/h9-12,43H,1-8H3;/b33-24-;. The molecular formula is C35H29BCl2F6N2. The maximum absolute atomic E-state index is 15.6. The highest BCUT2D eigenvalue weighted by Crippen LogP contribution is 2.46. The molecule has 1 N–H and O–H groups in total. The number of halogens is 8. The summed E-state index contributed by atoms with van der Waals surface area (Å²) in [7, 11) is 3.00. The number of aromatic amines is 1. The van der Waals surface area contributed by atoms with Gasteiger partial charge in [0.2, 0.25) is 5.82 Å². The molecule has 4 aromatic rings. The topological polar surface area (TPSA) is 28.1 Å². The van der Waals surface area contributed by atoms with Crippen LogP contribution in [0.5, 0.6) is 0 Å². The van der Waals surface area contributed by atoms with Crippen LogP contribution >= 0.6 is 23.2 Å². The average molecular weight is 673 g/mol. The first-order valence-electron chi connectivity index (χ1n) is 14.0. The number of hydrogen-bond acceptors (Lipinski definition) is 1. The van der Waals surface area contributed by atoms with Crippen molar-refractivity contribution in [3.8, 4) is 11.3 Å². The van der Waals surface area contributed by atoms with E-state index in [4.69, 9.17) is 32.5 Å². The van der Waals surface area contributed by atoms with Crippen LogP contribution in [0, 0.1) is 77.6 Å². The van der Waals surface area contributed by atoms with Gasteiger partial charge < -0.3 is 9.30 Å². The predicted octanol–water partition coefficient (Wildman–Crippen LogP) is 11.0. The minimum absolute atomic E-state index is 0.0440. The molecule has 0 amide bonds. The molecule has 1 aliphatic heterocycles. The van der Waals surface area contributed by atoms with E-state index in [9.17, 15) is 13.2 Å². The molecule has 2 nitrogen and oxygen atoms in total. The summed E-state index contributed by atoms with van der Waals surface area (Å²) in [6.07, 6.45) is 0. The van der Waals surface area contributed by atoms with Gasteiger partial charge in [-0.15, -0.1) is 0 Å². The Kier molecular flexibility index (Phi) is 10.1. The Morgan fingerprint density at radius 2 is 1.07 bits per heavy atom. The summed E-state index contributed by atoms with van der Waals surface area (Å²) >= 11 is 13.7. The van der Waals surface area contributed by atoms with Crippen molar-refractivity contribution in [3.05, 3.63) is 130 Å². The molecule has 5 rings (SSSR count). The Bertz CT molecular complexity index is 1950. The van der Waals surface area contributed by atoms with Crippen molar-refractivity contribution < 1.29 is 26.3 Å². The van der Waals surface area contributed by atoms with Crippen LogP contribution in [0.15, 0.2) is 45.6 Å². The van der Waals surface area contributed by atoms with Gasteiger partial charge in [-0.1, -0.05) is 58.6 Å². The van der Waals surface area contributed by atoms with Crippen LogP contribution in [0.4, 0.5) is 26.3 Å². The summed E-state index contributed by atoms with van der Waals surface area (Å²) in [5, 5.41) is 0.425. The lowest BCUT2D eigenvalue weighted by atomic mass is 9.94. The third-order valence-electron chi connectivity index (χ3n) is 8.08. The van der Waals surface area contributed by atoms with Gasteiger partial charge in [0.25, 0.3) is 0 Å². The SMILES string of the molecule is CC1=C(Cl)C(c2c(C)cc(C)cc2C)=N/C1=C(\c1[nH]c(-c2c(C)cc(C)cc2C)c(Cl)c1C)c1c(F)c(F)c(F)c(F)c1F.[B]F. The van der Waals surface area contributed by atoms with Gasteiger partial charge in [-0.25, -0.2) is 26.9 Å². The number of hydrogen-bond donors (Lipinski definition) is 1. The Morgan fingerprint density at radius 1 is 0.652 bits per heavy atom. The highest BCUT2D eigenvalue weighted by atomic mass is 35.5. The van der Waals surface area contributed by atoms with Crippen LogP contribution in [-0.2, 0) is 0 Å². The quantitative estimate of drug-likeness (QED) is 0.0967. The van der Waals surface area contributed by atoms with E-state index < -0.39 is 34.6 Å². The Hall–Kier alpha value is -3.69. The number of H-pyrrole nitrogens is 1. The normalized spacial score (nSPS) is 14.0. The summed E-state index contributed by atoms with van der Waals surface area (Å²) in [4.78, 5) is 7.92. The highest BCUT2D eigenvalue weighted by molar-refractivity contribution is 6.48.